The Labute approximate surface area is 158 Å². The predicted octanol–water partition coefficient (Wildman–Crippen LogP) is 1.88. The first-order valence-corrected chi connectivity index (χ1v) is 9.85. The zero-order valence-corrected chi connectivity index (χ0v) is 15.4. The molecule has 1 aromatic heterocycles. The molecule has 2 aliphatic carbocycles. The fourth-order valence-corrected chi connectivity index (χ4v) is 5.37. The number of hydrogen-bond donors (Lipinski definition) is 2. The van der Waals surface area contributed by atoms with Gasteiger partial charge in [-0.05, 0) is 43.2 Å². The number of nitrogen functional groups attached to an aromatic ring is 2. The van der Waals surface area contributed by atoms with Gasteiger partial charge in [-0.1, -0.05) is 6.42 Å². The van der Waals surface area contributed by atoms with Crippen LogP contribution < -0.4 is 16.4 Å². The zero-order chi connectivity index (χ0) is 18.5. The number of nitrogens with zero attached hydrogens (tertiary/aromatic N) is 5. The number of piperazine rings is 1. The average Bonchev–Trinajstić information content (AvgIpc) is 3.37. The summed E-state index contributed by atoms with van der Waals surface area (Å²) in [4.78, 5) is 8.65. The van der Waals surface area contributed by atoms with E-state index in [1.54, 1.807) is 6.07 Å². The van der Waals surface area contributed by atoms with Gasteiger partial charge < -0.3 is 16.4 Å². The molecule has 0 spiro atoms. The van der Waals surface area contributed by atoms with Gasteiger partial charge in [-0.2, -0.15) is 9.67 Å². The Morgan fingerprint density at radius 2 is 1.85 bits per heavy atom. The Bertz CT molecular complexity index is 843. The van der Waals surface area contributed by atoms with Crippen molar-refractivity contribution < 1.29 is 4.39 Å². The minimum Gasteiger partial charge on any atom is -0.368 e. The number of halogens is 1. The third-order valence-electron chi connectivity index (χ3n) is 6.65. The van der Waals surface area contributed by atoms with Gasteiger partial charge in [0.15, 0.2) is 0 Å². The molecule has 2 saturated carbocycles. The topological polar surface area (TPSA) is 89.2 Å². The summed E-state index contributed by atoms with van der Waals surface area (Å²) in [6.07, 6.45) is 5.63. The van der Waals surface area contributed by atoms with Gasteiger partial charge in [0.2, 0.25) is 11.9 Å². The van der Waals surface area contributed by atoms with Crippen molar-refractivity contribution in [3.05, 3.63) is 24.0 Å². The van der Waals surface area contributed by atoms with Gasteiger partial charge in [-0.15, -0.1) is 5.10 Å². The molecule has 0 amide bonds. The molecule has 4 N–H and O–H groups in total. The van der Waals surface area contributed by atoms with Gasteiger partial charge in [-0.25, -0.2) is 4.39 Å². The molecule has 27 heavy (non-hydrogen) atoms. The van der Waals surface area contributed by atoms with Gasteiger partial charge in [-0.3, -0.25) is 4.90 Å². The third-order valence-corrected chi connectivity index (χ3v) is 6.65. The Kier molecular flexibility index (Phi) is 3.96. The summed E-state index contributed by atoms with van der Waals surface area (Å²) < 4.78 is 16.1. The van der Waals surface area contributed by atoms with E-state index in [4.69, 9.17) is 11.5 Å². The Balaban J connectivity index is 1.28. The van der Waals surface area contributed by atoms with E-state index in [0.29, 0.717) is 11.4 Å². The number of benzene rings is 1. The molecule has 3 unspecified atom stereocenters. The Hall–Kier alpha value is -2.35. The van der Waals surface area contributed by atoms with E-state index in [9.17, 15) is 4.39 Å². The molecule has 144 valence electrons. The van der Waals surface area contributed by atoms with E-state index < -0.39 is 0 Å². The van der Waals surface area contributed by atoms with E-state index >= 15 is 0 Å². The van der Waals surface area contributed by atoms with Crippen LogP contribution in [0.2, 0.25) is 0 Å². The minimum atomic E-state index is -0.269. The summed E-state index contributed by atoms with van der Waals surface area (Å²) in [5.74, 6) is 1.82. The van der Waals surface area contributed by atoms with Crippen LogP contribution in [-0.4, -0.2) is 51.9 Å². The lowest BCUT2D eigenvalue weighted by Crippen LogP contribution is -2.52. The van der Waals surface area contributed by atoms with Crippen LogP contribution >= 0.6 is 0 Å². The van der Waals surface area contributed by atoms with Crippen LogP contribution in [0.15, 0.2) is 18.2 Å². The van der Waals surface area contributed by atoms with Crippen LogP contribution in [0.3, 0.4) is 0 Å². The molecule has 2 heterocycles. The number of aromatic nitrogens is 3. The predicted molar refractivity (Wildman–Crippen MR) is 103 cm³/mol. The highest BCUT2D eigenvalue weighted by atomic mass is 19.1. The number of hydrogen-bond acceptors (Lipinski definition) is 6. The van der Waals surface area contributed by atoms with Crippen LogP contribution in [0, 0.1) is 17.7 Å². The molecule has 7 nitrogen and oxygen atoms in total. The average molecular weight is 371 g/mol. The highest BCUT2D eigenvalue weighted by molar-refractivity contribution is 5.54. The smallest absolute Gasteiger partial charge is 0.241 e. The lowest BCUT2D eigenvalue weighted by atomic mass is 9.93. The van der Waals surface area contributed by atoms with Crippen LogP contribution in [0.25, 0.3) is 5.69 Å². The van der Waals surface area contributed by atoms with Crippen molar-refractivity contribution in [1.29, 1.82) is 0 Å². The lowest BCUT2D eigenvalue weighted by molar-refractivity contribution is 0.134. The molecule has 3 fully saturated rings. The summed E-state index contributed by atoms with van der Waals surface area (Å²) in [6.45, 7) is 3.76. The quantitative estimate of drug-likeness (QED) is 0.856. The SMILES string of the molecule is Nc1nc(N)n(-c2ccc(N3CCN(C4CC5CCC4C5)CC3)c(F)c2)n1. The molecule has 3 atom stereocenters. The number of anilines is 3. The molecule has 5 rings (SSSR count). The second-order valence-corrected chi connectivity index (χ2v) is 8.14. The van der Waals surface area contributed by atoms with Gasteiger partial charge in [0.25, 0.3) is 0 Å². The van der Waals surface area contributed by atoms with E-state index in [1.807, 2.05) is 6.07 Å². The normalized spacial score (nSPS) is 28.2. The standard InChI is InChI=1S/C19H26FN7/c20-15-11-14(27-19(22)23-18(21)24-27)3-4-16(15)25-5-7-26(8-6-25)17-10-12-1-2-13(17)9-12/h3-4,11-13,17H,1-2,5-10H2,(H4,21,22,23,24). The molecule has 2 aromatic rings. The molecule has 1 aromatic carbocycles. The molecular formula is C19H26FN7. The highest BCUT2D eigenvalue weighted by Crippen LogP contribution is 2.46. The fraction of sp³-hybridized carbons (Fsp3) is 0.579. The van der Waals surface area contributed by atoms with E-state index in [-0.39, 0.29) is 17.7 Å². The maximum absolute atomic E-state index is 14.8. The first-order valence-electron chi connectivity index (χ1n) is 9.85. The number of fused-ring (bicyclic) bond motifs is 2. The second kappa shape index (κ2) is 6.37. The Morgan fingerprint density at radius 3 is 2.44 bits per heavy atom. The van der Waals surface area contributed by atoms with Crippen LogP contribution in [0.4, 0.5) is 22.0 Å². The molecule has 1 saturated heterocycles. The first-order chi connectivity index (χ1) is 13.1. The summed E-state index contributed by atoms with van der Waals surface area (Å²) in [6, 6.07) is 5.82. The summed E-state index contributed by atoms with van der Waals surface area (Å²) in [5.41, 5.74) is 12.5. The summed E-state index contributed by atoms with van der Waals surface area (Å²) in [5, 5.41) is 4.01. The second-order valence-electron chi connectivity index (χ2n) is 8.14. The van der Waals surface area contributed by atoms with Crippen molar-refractivity contribution in [3.63, 3.8) is 0 Å². The monoisotopic (exact) mass is 371 g/mol. The van der Waals surface area contributed by atoms with Crippen LogP contribution in [0.1, 0.15) is 25.7 Å². The molecule has 8 heteroatoms. The molecule has 3 aliphatic rings. The van der Waals surface area contributed by atoms with Gasteiger partial charge in [0.05, 0.1) is 11.4 Å². The number of nitrogens with two attached hydrogens (primary N) is 2. The maximum atomic E-state index is 14.8. The van der Waals surface area contributed by atoms with Crippen LogP contribution in [0.5, 0.6) is 0 Å². The van der Waals surface area contributed by atoms with Gasteiger partial charge in [0, 0.05) is 38.3 Å². The van der Waals surface area contributed by atoms with Crippen LogP contribution in [-0.2, 0) is 0 Å². The zero-order valence-electron chi connectivity index (χ0n) is 15.4. The minimum absolute atomic E-state index is 0.0775. The van der Waals surface area contributed by atoms with Crippen molar-refractivity contribution in [2.24, 2.45) is 11.8 Å². The van der Waals surface area contributed by atoms with Crippen molar-refractivity contribution in [1.82, 2.24) is 19.7 Å². The lowest BCUT2D eigenvalue weighted by Gasteiger charge is -2.41. The highest BCUT2D eigenvalue weighted by Gasteiger charge is 2.42. The van der Waals surface area contributed by atoms with E-state index in [0.717, 1.165) is 44.1 Å². The van der Waals surface area contributed by atoms with Gasteiger partial charge in [0.1, 0.15) is 5.82 Å². The van der Waals surface area contributed by atoms with Gasteiger partial charge >= 0.3 is 0 Å². The molecular weight excluding hydrogens is 345 g/mol. The van der Waals surface area contributed by atoms with Crippen molar-refractivity contribution >= 4 is 17.6 Å². The third kappa shape index (κ3) is 2.92. The largest absolute Gasteiger partial charge is 0.368 e. The molecule has 2 bridgehead atoms. The molecule has 1 aliphatic heterocycles. The number of rotatable bonds is 3. The first kappa shape index (κ1) is 16.8. The maximum Gasteiger partial charge on any atom is 0.241 e. The summed E-state index contributed by atoms with van der Waals surface area (Å²) in [7, 11) is 0. The van der Waals surface area contributed by atoms with Crippen molar-refractivity contribution in [2.45, 2.75) is 31.7 Å². The Morgan fingerprint density at radius 1 is 1.04 bits per heavy atom. The summed E-state index contributed by atoms with van der Waals surface area (Å²) >= 11 is 0. The van der Waals surface area contributed by atoms with Crippen molar-refractivity contribution in [3.8, 4) is 5.69 Å². The van der Waals surface area contributed by atoms with E-state index in [1.165, 1.54) is 36.4 Å². The van der Waals surface area contributed by atoms with Crippen molar-refractivity contribution in [2.75, 3.05) is 42.5 Å². The van der Waals surface area contributed by atoms with E-state index in [2.05, 4.69) is 19.9 Å². The fourth-order valence-electron chi connectivity index (χ4n) is 5.37. The molecule has 0 radical (unpaired) electrons.